The molecular formula is C22H23N3O3. The number of para-hydroxylation sites is 2. The quantitative estimate of drug-likeness (QED) is 0.723. The Morgan fingerprint density at radius 2 is 1.64 bits per heavy atom. The summed E-state index contributed by atoms with van der Waals surface area (Å²) in [5.41, 5.74) is 3.81. The van der Waals surface area contributed by atoms with E-state index in [0.29, 0.717) is 32.2 Å². The topological polar surface area (TPSA) is 87.3 Å². The molecule has 3 amide bonds. The fraction of sp³-hybridized carbons (Fsp3) is 0.318. The number of fused-ring (bicyclic) bond motifs is 2. The summed E-state index contributed by atoms with van der Waals surface area (Å²) >= 11 is 0. The van der Waals surface area contributed by atoms with Crippen LogP contribution in [0, 0.1) is 5.92 Å². The van der Waals surface area contributed by atoms with Crippen molar-refractivity contribution in [2.45, 2.75) is 31.6 Å². The summed E-state index contributed by atoms with van der Waals surface area (Å²) in [6.07, 6.45) is 2.03. The molecule has 2 heterocycles. The van der Waals surface area contributed by atoms with E-state index in [0.717, 1.165) is 22.5 Å². The maximum Gasteiger partial charge on any atom is 0.232 e. The van der Waals surface area contributed by atoms with Gasteiger partial charge in [-0.1, -0.05) is 36.4 Å². The third kappa shape index (κ3) is 3.76. The maximum absolute atomic E-state index is 12.2. The number of carbonyl (C=O) groups is 3. The number of anilines is 2. The van der Waals surface area contributed by atoms with Gasteiger partial charge in [-0.2, -0.15) is 0 Å². The number of hydrogen-bond acceptors (Lipinski definition) is 3. The smallest absolute Gasteiger partial charge is 0.232 e. The number of nitrogens with one attached hydrogen (secondary N) is 3. The van der Waals surface area contributed by atoms with Gasteiger partial charge in [-0.05, 0) is 42.5 Å². The lowest BCUT2D eigenvalue weighted by Gasteiger charge is -2.24. The lowest BCUT2D eigenvalue weighted by molar-refractivity contribution is -0.123. The zero-order valence-corrected chi connectivity index (χ0v) is 15.5. The highest BCUT2D eigenvalue weighted by Crippen LogP contribution is 2.34. The van der Waals surface area contributed by atoms with E-state index in [1.165, 1.54) is 0 Å². The molecule has 4 rings (SSSR count). The van der Waals surface area contributed by atoms with Crippen molar-refractivity contribution >= 4 is 29.1 Å². The van der Waals surface area contributed by atoms with Crippen molar-refractivity contribution in [1.82, 2.24) is 5.32 Å². The van der Waals surface area contributed by atoms with Crippen LogP contribution in [0.3, 0.4) is 0 Å². The minimum absolute atomic E-state index is 0.0204. The molecule has 0 radical (unpaired) electrons. The molecule has 2 aromatic rings. The molecule has 6 heteroatoms. The zero-order chi connectivity index (χ0) is 19.5. The molecule has 0 fully saturated rings. The number of hydrogen-bond donors (Lipinski definition) is 3. The molecule has 144 valence electrons. The second-order valence-corrected chi connectivity index (χ2v) is 7.35. The molecule has 2 aliphatic heterocycles. The fourth-order valence-corrected chi connectivity index (χ4v) is 3.96. The molecule has 0 aliphatic carbocycles. The van der Waals surface area contributed by atoms with Crippen LogP contribution in [0.2, 0.25) is 0 Å². The van der Waals surface area contributed by atoms with Gasteiger partial charge in [0.2, 0.25) is 17.7 Å². The third-order valence-corrected chi connectivity index (χ3v) is 5.50. The monoisotopic (exact) mass is 377 g/mol. The summed E-state index contributed by atoms with van der Waals surface area (Å²) in [5.74, 6) is -0.540. The number of amides is 3. The number of benzene rings is 2. The van der Waals surface area contributed by atoms with Crippen LogP contribution in [-0.2, 0) is 20.8 Å². The van der Waals surface area contributed by atoms with E-state index in [4.69, 9.17) is 0 Å². The van der Waals surface area contributed by atoms with Gasteiger partial charge in [-0.3, -0.25) is 14.4 Å². The average Bonchev–Trinajstić information content (AvgIpc) is 3.01. The van der Waals surface area contributed by atoms with E-state index >= 15 is 0 Å². The first kappa shape index (κ1) is 18.2. The third-order valence-electron chi connectivity index (χ3n) is 5.50. The zero-order valence-electron chi connectivity index (χ0n) is 15.5. The summed E-state index contributed by atoms with van der Waals surface area (Å²) in [6.45, 7) is 0.435. The van der Waals surface area contributed by atoms with Gasteiger partial charge in [-0.15, -0.1) is 0 Å². The first-order valence-electron chi connectivity index (χ1n) is 9.67. The Kier molecular flexibility index (Phi) is 5.10. The Labute approximate surface area is 163 Å². The van der Waals surface area contributed by atoms with Crippen molar-refractivity contribution in [3.8, 4) is 0 Å². The van der Waals surface area contributed by atoms with Crippen molar-refractivity contribution in [2.75, 3.05) is 17.2 Å². The van der Waals surface area contributed by atoms with Crippen molar-refractivity contribution in [2.24, 2.45) is 5.92 Å². The second-order valence-electron chi connectivity index (χ2n) is 7.35. The van der Waals surface area contributed by atoms with Crippen molar-refractivity contribution < 1.29 is 14.4 Å². The van der Waals surface area contributed by atoms with Crippen LogP contribution in [0.25, 0.3) is 0 Å². The largest absolute Gasteiger partial charge is 0.356 e. The molecule has 0 saturated carbocycles. The summed E-state index contributed by atoms with van der Waals surface area (Å²) in [5, 5.41) is 8.67. The Balaban J connectivity index is 1.24. The minimum atomic E-state index is -0.225. The van der Waals surface area contributed by atoms with Gasteiger partial charge < -0.3 is 16.0 Å². The lowest BCUT2D eigenvalue weighted by atomic mass is 9.89. The average molecular weight is 377 g/mol. The van der Waals surface area contributed by atoms with Crippen LogP contribution in [0.4, 0.5) is 11.4 Å². The van der Waals surface area contributed by atoms with Crippen LogP contribution in [0.15, 0.2) is 48.5 Å². The molecule has 3 N–H and O–H groups in total. The number of carbonyl (C=O) groups excluding carboxylic acids is 3. The Hall–Kier alpha value is -3.15. The highest BCUT2D eigenvalue weighted by Gasteiger charge is 2.30. The summed E-state index contributed by atoms with van der Waals surface area (Å²) in [7, 11) is 0. The lowest BCUT2D eigenvalue weighted by Crippen LogP contribution is -2.32. The molecule has 0 aromatic heterocycles. The fourth-order valence-electron chi connectivity index (χ4n) is 3.96. The first-order valence-corrected chi connectivity index (χ1v) is 9.67. The van der Waals surface area contributed by atoms with E-state index in [1.54, 1.807) is 0 Å². The molecule has 0 spiro atoms. The molecule has 0 bridgehead atoms. The van der Waals surface area contributed by atoms with Gasteiger partial charge in [0.25, 0.3) is 0 Å². The van der Waals surface area contributed by atoms with Gasteiger partial charge in [0.05, 0.1) is 5.92 Å². The Morgan fingerprint density at radius 3 is 2.50 bits per heavy atom. The van der Waals surface area contributed by atoms with Gasteiger partial charge in [0, 0.05) is 30.3 Å². The van der Waals surface area contributed by atoms with Crippen molar-refractivity contribution in [3.63, 3.8) is 0 Å². The normalized spacial score (nSPS) is 20.0. The van der Waals surface area contributed by atoms with Gasteiger partial charge in [-0.25, -0.2) is 0 Å². The summed E-state index contributed by atoms with van der Waals surface area (Å²) in [6, 6.07) is 15.4. The molecule has 2 atom stereocenters. The molecule has 2 aliphatic rings. The van der Waals surface area contributed by atoms with E-state index in [1.807, 2.05) is 48.5 Å². The van der Waals surface area contributed by atoms with Gasteiger partial charge in [0.1, 0.15) is 0 Å². The van der Waals surface area contributed by atoms with Crippen LogP contribution < -0.4 is 16.0 Å². The van der Waals surface area contributed by atoms with Gasteiger partial charge in [0.15, 0.2) is 0 Å². The molecule has 6 nitrogen and oxygen atoms in total. The Bertz CT molecular complexity index is 925. The van der Waals surface area contributed by atoms with Crippen LogP contribution in [0.1, 0.15) is 36.3 Å². The highest BCUT2D eigenvalue weighted by atomic mass is 16.2. The molecule has 2 unspecified atom stereocenters. The van der Waals surface area contributed by atoms with Crippen molar-refractivity contribution in [1.29, 1.82) is 0 Å². The van der Waals surface area contributed by atoms with Crippen LogP contribution >= 0.6 is 0 Å². The Morgan fingerprint density at radius 1 is 0.929 bits per heavy atom. The van der Waals surface area contributed by atoms with Gasteiger partial charge >= 0.3 is 0 Å². The van der Waals surface area contributed by atoms with Crippen LogP contribution in [0.5, 0.6) is 0 Å². The second kappa shape index (κ2) is 7.84. The standard InChI is InChI=1S/C22H23N3O3/c26-20(10-9-15-13-14-5-1-3-7-18(14)24-21(15)27)23-12-11-17-16-6-2-4-8-19(16)25-22(17)28/h1-8,15,17H,9-13H2,(H,23,26)(H,24,27)(H,25,28). The minimum Gasteiger partial charge on any atom is -0.356 e. The number of rotatable bonds is 6. The molecular weight excluding hydrogens is 354 g/mol. The van der Waals surface area contributed by atoms with E-state index in [-0.39, 0.29) is 29.6 Å². The predicted molar refractivity (Wildman–Crippen MR) is 107 cm³/mol. The molecule has 2 aromatic carbocycles. The van der Waals surface area contributed by atoms with Crippen LogP contribution in [-0.4, -0.2) is 24.3 Å². The molecule has 28 heavy (non-hydrogen) atoms. The first-order chi connectivity index (χ1) is 13.6. The van der Waals surface area contributed by atoms with E-state index in [9.17, 15) is 14.4 Å². The summed E-state index contributed by atoms with van der Waals surface area (Å²) < 4.78 is 0. The van der Waals surface area contributed by atoms with E-state index in [2.05, 4.69) is 16.0 Å². The highest BCUT2D eigenvalue weighted by molar-refractivity contribution is 6.02. The predicted octanol–water partition coefficient (Wildman–Crippen LogP) is 2.82. The summed E-state index contributed by atoms with van der Waals surface area (Å²) in [4.78, 5) is 36.5. The SMILES string of the molecule is O=C(CCC1Cc2ccccc2NC1=O)NCCC1C(=O)Nc2ccccc21. The maximum atomic E-state index is 12.2. The van der Waals surface area contributed by atoms with Crippen molar-refractivity contribution in [3.05, 3.63) is 59.7 Å². The van der Waals surface area contributed by atoms with E-state index < -0.39 is 0 Å². The molecule has 0 saturated heterocycles.